The molecule has 7 nitrogen and oxygen atoms in total. The molecule has 3 aromatic rings. The fourth-order valence-corrected chi connectivity index (χ4v) is 5.89. The van der Waals surface area contributed by atoms with Crippen LogP contribution in [-0.4, -0.2) is 44.3 Å². The number of sulfonamides is 1. The molecule has 0 saturated heterocycles. The zero-order valence-electron chi connectivity index (χ0n) is 23.7. The minimum Gasteiger partial charge on any atom is -0.354 e. The van der Waals surface area contributed by atoms with Gasteiger partial charge >= 0.3 is 0 Å². The standard InChI is InChI=1S/C31H38FN3O4S/c1-6-29(31(37)33-19-22(2)3)34(20-25-12-14-26(32)15-13-25)30(36)21-35(27-17-23(4)16-24(5)18-27)40(38,39)28-10-8-7-9-11-28/h7-18,22,29H,6,19-21H2,1-5H3,(H,33,37)/t29-/m1/s1. The molecule has 3 aromatic carbocycles. The van der Waals surface area contributed by atoms with Crippen molar-refractivity contribution in [3.63, 3.8) is 0 Å². The second kappa shape index (κ2) is 13.6. The third kappa shape index (κ3) is 7.91. The van der Waals surface area contributed by atoms with Crippen molar-refractivity contribution in [1.29, 1.82) is 0 Å². The summed E-state index contributed by atoms with van der Waals surface area (Å²) >= 11 is 0. The number of nitrogens with one attached hydrogen (secondary N) is 1. The molecule has 0 aliphatic carbocycles. The Hall–Kier alpha value is -3.72. The van der Waals surface area contributed by atoms with Crippen molar-refractivity contribution in [2.75, 3.05) is 17.4 Å². The summed E-state index contributed by atoms with van der Waals surface area (Å²) in [6.45, 7) is 9.39. The lowest BCUT2D eigenvalue weighted by molar-refractivity contribution is -0.140. The van der Waals surface area contributed by atoms with Crippen molar-refractivity contribution < 1.29 is 22.4 Å². The normalized spacial score (nSPS) is 12.2. The van der Waals surface area contributed by atoms with Gasteiger partial charge in [0.15, 0.2) is 0 Å². The van der Waals surface area contributed by atoms with Crippen molar-refractivity contribution in [2.45, 2.75) is 58.5 Å². The lowest BCUT2D eigenvalue weighted by Gasteiger charge is -2.33. The summed E-state index contributed by atoms with van der Waals surface area (Å²) in [6, 6.07) is 18.1. The van der Waals surface area contributed by atoms with E-state index in [0.29, 0.717) is 24.2 Å². The van der Waals surface area contributed by atoms with Crippen molar-refractivity contribution in [2.24, 2.45) is 5.92 Å². The number of anilines is 1. The number of hydrogen-bond donors (Lipinski definition) is 1. The summed E-state index contributed by atoms with van der Waals surface area (Å²) in [7, 11) is -4.13. The van der Waals surface area contributed by atoms with Gasteiger partial charge in [0.25, 0.3) is 10.0 Å². The number of aryl methyl sites for hydroxylation is 2. The topological polar surface area (TPSA) is 86.8 Å². The van der Waals surface area contributed by atoms with Gasteiger partial charge in [-0.15, -0.1) is 0 Å². The van der Waals surface area contributed by atoms with Gasteiger partial charge in [0, 0.05) is 13.1 Å². The van der Waals surface area contributed by atoms with E-state index in [1.165, 1.54) is 29.2 Å². The molecule has 3 rings (SSSR count). The smallest absolute Gasteiger partial charge is 0.264 e. The summed E-state index contributed by atoms with van der Waals surface area (Å²) in [6.07, 6.45) is 0.311. The van der Waals surface area contributed by atoms with Crippen LogP contribution in [0, 0.1) is 25.6 Å². The van der Waals surface area contributed by atoms with E-state index in [0.717, 1.165) is 15.4 Å². The zero-order valence-corrected chi connectivity index (χ0v) is 24.5. The average molecular weight is 568 g/mol. The molecular formula is C31H38FN3O4S. The van der Waals surface area contributed by atoms with E-state index < -0.39 is 34.3 Å². The van der Waals surface area contributed by atoms with Crippen LogP contribution < -0.4 is 9.62 Å². The number of rotatable bonds is 12. The van der Waals surface area contributed by atoms with Crippen molar-refractivity contribution in [3.05, 3.63) is 95.3 Å². The van der Waals surface area contributed by atoms with Gasteiger partial charge in [-0.2, -0.15) is 0 Å². The first-order valence-corrected chi connectivity index (χ1v) is 14.8. The Morgan fingerprint density at radius 1 is 0.925 bits per heavy atom. The fraction of sp³-hybridized carbons (Fsp3) is 0.355. The van der Waals surface area contributed by atoms with Crippen LogP contribution in [0.5, 0.6) is 0 Å². The quantitative estimate of drug-likeness (QED) is 0.325. The van der Waals surface area contributed by atoms with Gasteiger partial charge in [0.2, 0.25) is 11.8 Å². The van der Waals surface area contributed by atoms with E-state index in [-0.39, 0.29) is 23.3 Å². The molecule has 0 fully saturated rings. The molecule has 0 aromatic heterocycles. The lowest BCUT2D eigenvalue weighted by atomic mass is 10.1. The highest BCUT2D eigenvalue weighted by molar-refractivity contribution is 7.92. The fourth-order valence-electron chi connectivity index (χ4n) is 4.47. The first-order chi connectivity index (χ1) is 18.9. The van der Waals surface area contributed by atoms with E-state index in [9.17, 15) is 22.4 Å². The molecule has 0 saturated carbocycles. The maximum absolute atomic E-state index is 14.1. The maximum atomic E-state index is 14.1. The van der Waals surface area contributed by atoms with E-state index in [4.69, 9.17) is 0 Å². The van der Waals surface area contributed by atoms with E-state index >= 15 is 0 Å². The molecular weight excluding hydrogens is 529 g/mol. The maximum Gasteiger partial charge on any atom is 0.264 e. The lowest BCUT2D eigenvalue weighted by Crippen LogP contribution is -2.52. The molecule has 0 aliphatic heterocycles. The van der Waals surface area contributed by atoms with Gasteiger partial charge in [-0.1, -0.05) is 57.2 Å². The zero-order chi connectivity index (χ0) is 29.4. The van der Waals surface area contributed by atoms with Gasteiger partial charge in [-0.25, -0.2) is 12.8 Å². The van der Waals surface area contributed by atoms with Crippen LogP contribution in [-0.2, 0) is 26.2 Å². The number of amides is 2. The minimum atomic E-state index is -4.13. The van der Waals surface area contributed by atoms with E-state index in [2.05, 4.69) is 5.32 Å². The van der Waals surface area contributed by atoms with Crippen LogP contribution in [0.15, 0.2) is 77.7 Å². The summed E-state index contributed by atoms with van der Waals surface area (Å²) in [5.41, 5.74) is 2.67. The van der Waals surface area contributed by atoms with E-state index in [1.54, 1.807) is 49.4 Å². The Kier molecular flexibility index (Phi) is 10.5. The highest BCUT2D eigenvalue weighted by Gasteiger charge is 2.33. The largest absolute Gasteiger partial charge is 0.354 e. The average Bonchev–Trinajstić information content (AvgIpc) is 2.91. The molecule has 214 valence electrons. The second-order valence-electron chi connectivity index (χ2n) is 10.4. The molecule has 0 radical (unpaired) electrons. The predicted molar refractivity (Wildman–Crippen MR) is 156 cm³/mol. The molecule has 40 heavy (non-hydrogen) atoms. The van der Waals surface area contributed by atoms with Crippen LogP contribution in [0.25, 0.3) is 0 Å². The number of carbonyl (C=O) groups excluding carboxylic acids is 2. The molecule has 0 unspecified atom stereocenters. The summed E-state index contributed by atoms with van der Waals surface area (Å²) in [5.74, 6) is -1.08. The van der Waals surface area contributed by atoms with Gasteiger partial charge in [0.1, 0.15) is 18.4 Å². The Morgan fingerprint density at radius 3 is 2.08 bits per heavy atom. The first kappa shape index (κ1) is 30.8. The van der Waals surface area contributed by atoms with Crippen molar-refractivity contribution in [1.82, 2.24) is 10.2 Å². The number of benzene rings is 3. The minimum absolute atomic E-state index is 0.0127. The number of carbonyl (C=O) groups is 2. The van der Waals surface area contributed by atoms with Crippen molar-refractivity contribution >= 4 is 27.5 Å². The van der Waals surface area contributed by atoms with Crippen LogP contribution in [0.4, 0.5) is 10.1 Å². The molecule has 0 heterocycles. The molecule has 1 N–H and O–H groups in total. The number of nitrogens with zero attached hydrogens (tertiary/aromatic N) is 2. The molecule has 0 aliphatic rings. The highest BCUT2D eigenvalue weighted by atomic mass is 32.2. The Balaban J connectivity index is 2.06. The van der Waals surface area contributed by atoms with Gasteiger partial charge in [0.05, 0.1) is 10.6 Å². The van der Waals surface area contributed by atoms with Crippen LogP contribution in [0.1, 0.15) is 43.9 Å². The summed E-state index contributed by atoms with van der Waals surface area (Å²) in [5, 5.41) is 2.89. The van der Waals surface area contributed by atoms with Crippen LogP contribution in [0.2, 0.25) is 0 Å². The van der Waals surface area contributed by atoms with Crippen LogP contribution >= 0.6 is 0 Å². The monoisotopic (exact) mass is 567 g/mol. The highest BCUT2D eigenvalue weighted by Crippen LogP contribution is 2.27. The second-order valence-corrected chi connectivity index (χ2v) is 12.2. The van der Waals surface area contributed by atoms with Crippen LogP contribution in [0.3, 0.4) is 0 Å². The molecule has 0 spiro atoms. The SMILES string of the molecule is CC[C@H](C(=O)NCC(C)C)N(Cc1ccc(F)cc1)C(=O)CN(c1cc(C)cc(C)c1)S(=O)(=O)c1ccccc1. The summed E-state index contributed by atoms with van der Waals surface area (Å²) in [4.78, 5) is 28.7. The Labute approximate surface area is 237 Å². The Morgan fingerprint density at radius 2 is 1.52 bits per heavy atom. The number of hydrogen-bond acceptors (Lipinski definition) is 4. The van der Waals surface area contributed by atoms with Gasteiger partial charge < -0.3 is 10.2 Å². The first-order valence-electron chi connectivity index (χ1n) is 13.4. The Bertz CT molecular complexity index is 1390. The summed E-state index contributed by atoms with van der Waals surface area (Å²) < 4.78 is 42.5. The van der Waals surface area contributed by atoms with Gasteiger partial charge in [-0.05, 0) is 79.3 Å². The van der Waals surface area contributed by atoms with Gasteiger partial charge in [-0.3, -0.25) is 13.9 Å². The van der Waals surface area contributed by atoms with Crippen molar-refractivity contribution in [3.8, 4) is 0 Å². The molecule has 9 heteroatoms. The number of halogens is 1. The predicted octanol–water partition coefficient (Wildman–Crippen LogP) is 5.22. The van der Waals surface area contributed by atoms with E-state index in [1.807, 2.05) is 33.8 Å². The molecule has 2 amide bonds. The molecule has 0 bridgehead atoms. The third-order valence-corrected chi connectivity index (χ3v) is 8.23. The molecule has 1 atom stereocenters. The third-order valence-electron chi connectivity index (χ3n) is 6.44.